The monoisotopic (exact) mass is 545 g/mol. The summed E-state index contributed by atoms with van der Waals surface area (Å²) in [5.74, 6) is -1.79. The molecule has 9 heteroatoms. The molecule has 4 aromatic rings. The van der Waals surface area contributed by atoms with Gasteiger partial charge in [-0.15, -0.1) is 10.2 Å². The summed E-state index contributed by atoms with van der Waals surface area (Å²) in [7, 11) is 0. The van der Waals surface area contributed by atoms with Crippen LogP contribution < -0.4 is 4.90 Å². The Morgan fingerprint density at radius 3 is 2.29 bits per heavy atom. The molecule has 0 radical (unpaired) electrons. The minimum absolute atomic E-state index is 0.0742. The van der Waals surface area contributed by atoms with Crippen molar-refractivity contribution in [2.24, 2.45) is 0 Å². The van der Waals surface area contributed by atoms with E-state index in [-0.39, 0.29) is 22.0 Å². The largest absolute Gasteiger partial charge is 0.507 e. The van der Waals surface area contributed by atoms with E-state index in [9.17, 15) is 19.1 Å². The molecule has 1 saturated heterocycles. The third-order valence-electron chi connectivity index (χ3n) is 6.35. The van der Waals surface area contributed by atoms with E-state index in [0.29, 0.717) is 15.7 Å². The Balaban J connectivity index is 1.53. The molecule has 1 fully saturated rings. The number of thioether (sulfide) groups is 1. The summed E-state index contributed by atoms with van der Waals surface area (Å²) in [6.45, 7) is 4.07. The summed E-state index contributed by atoms with van der Waals surface area (Å²) in [5.41, 5.74) is 4.22. The zero-order chi connectivity index (χ0) is 26.8. The highest BCUT2D eigenvalue weighted by molar-refractivity contribution is 8.00. The summed E-state index contributed by atoms with van der Waals surface area (Å²) in [6, 6.07) is 20.0. The van der Waals surface area contributed by atoms with Gasteiger partial charge in [0.2, 0.25) is 5.13 Å². The van der Waals surface area contributed by atoms with Crippen molar-refractivity contribution in [2.45, 2.75) is 36.4 Å². The normalized spacial score (nSPS) is 16.8. The highest BCUT2D eigenvalue weighted by Crippen LogP contribution is 2.44. The summed E-state index contributed by atoms with van der Waals surface area (Å²) in [6.07, 6.45) is 0.827. The molecule has 1 amide bonds. The second kappa shape index (κ2) is 10.9. The van der Waals surface area contributed by atoms with Gasteiger partial charge in [0.05, 0.1) is 11.6 Å². The molecule has 5 rings (SSSR count). The van der Waals surface area contributed by atoms with Gasteiger partial charge in [-0.1, -0.05) is 84.1 Å². The Bertz CT molecular complexity index is 1510. The van der Waals surface area contributed by atoms with Crippen molar-refractivity contribution in [3.8, 4) is 0 Å². The number of nitrogens with zero attached hydrogens (tertiary/aromatic N) is 3. The van der Waals surface area contributed by atoms with Gasteiger partial charge in [-0.05, 0) is 54.3 Å². The molecule has 2 heterocycles. The van der Waals surface area contributed by atoms with Gasteiger partial charge in [0, 0.05) is 11.3 Å². The molecule has 1 aromatic heterocycles. The van der Waals surface area contributed by atoms with E-state index >= 15 is 0 Å². The Morgan fingerprint density at radius 2 is 1.63 bits per heavy atom. The SMILES string of the molecule is CCc1ccc(C2/C(=C(/O)c3ccc(F)cc3)C(=O)C(=O)N2c2nnc(SCc3ccc(C)cc3)s2)cc1. The third-order valence-corrected chi connectivity index (χ3v) is 8.48. The van der Waals surface area contributed by atoms with Gasteiger partial charge in [-0.2, -0.15) is 0 Å². The molecular weight excluding hydrogens is 521 g/mol. The second-order valence-corrected chi connectivity index (χ2v) is 11.1. The molecule has 0 bridgehead atoms. The van der Waals surface area contributed by atoms with Crippen molar-refractivity contribution in [3.63, 3.8) is 0 Å². The predicted molar refractivity (Wildman–Crippen MR) is 148 cm³/mol. The summed E-state index contributed by atoms with van der Waals surface area (Å²) in [4.78, 5) is 27.9. The number of hydrogen-bond acceptors (Lipinski definition) is 7. The van der Waals surface area contributed by atoms with E-state index in [0.717, 1.165) is 17.5 Å². The minimum atomic E-state index is -0.908. The minimum Gasteiger partial charge on any atom is -0.507 e. The molecule has 1 N–H and O–H groups in total. The first-order valence-electron chi connectivity index (χ1n) is 12.0. The lowest BCUT2D eigenvalue weighted by molar-refractivity contribution is -0.132. The molecule has 0 aliphatic carbocycles. The Kier molecular flexibility index (Phi) is 7.40. The first-order valence-corrected chi connectivity index (χ1v) is 13.8. The maximum Gasteiger partial charge on any atom is 0.301 e. The fourth-order valence-electron chi connectivity index (χ4n) is 4.23. The molecule has 1 aliphatic rings. The van der Waals surface area contributed by atoms with Crippen LogP contribution in [0.5, 0.6) is 0 Å². The number of rotatable bonds is 7. The lowest BCUT2D eigenvalue weighted by Crippen LogP contribution is -2.29. The van der Waals surface area contributed by atoms with Gasteiger partial charge >= 0.3 is 5.91 Å². The molecule has 1 unspecified atom stereocenters. The Labute approximate surface area is 227 Å². The summed E-state index contributed by atoms with van der Waals surface area (Å²) in [5, 5.41) is 19.9. The average molecular weight is 546 g/mol. The quantitative estimate of drug-likeness (QED) is 0.0943. The maximum absolute atomic E-state index is 13.5. The molecule has 192 valence electrons. The number of ketones is 1. The van der Waals surface area contributed by atoms with Gasteiger partial charge in [0.1, 0.15) is 11.6 Å². The van der Waals surface area contributed by atoms with Crippen LogP contribution in [0.25, 0.3) is 5.76 Å². The molecule has 38 heavy (non-hydrogen) atoms. The molecule has 0 spiro atoms. The number of amides is 1. The fourth-order valence-corrected chi connectivity index (χ4v) is 6.06. The third kappa shape index (κ3) is 5.12. The number of halogens is 1. The number of aliphatic hydroxyl groups excluding tert-OH is 1. The van der Waals surface area contributed by atoms with Gasteiger partial charge in [-0.25, -0.2) is 4.39 Å². The molecule has 1 atom stereocenters. The number of aliphatic hydroxyl groups is 1. The highest BCUT2D eigenvalue weighted by Gasteiger charge is 2.48. The standard InChI is InChI=1S/C29H24FN3O3S2/c1-3-18-8-10-20(11-9-18)24-23(25(34)21-12-14-22(30)15-13-21)26(35)27(36)33(24)28-31-32-29(38-28)37-16-19-6-4-17(2)5-7-19/h4-15,24,34H,3,16H2,1-2H3/b25-23-. The number of aryl methyl sites for hydroxylation is 2. The van der Waals surface area contributed by atoms with E-state index in [4.69, 9.17) is 0 Å². The smallest absolute Gasteiger partial charge is 0.301 e. The van der Waals surface area contributed by atoms with Gasteiger partial charge in [-0.3, -0.25) is 14.5 Å². The van der Waals surface area contributed by atoms with Crippen molar-refractivity contribution < 1.29 is 19.1 Å². The van der Waals surface area contributed by atoms with Crippen LogP contribution in [0, 0.1) is 12.7 Å². The Morgan fingerprint density at radius 1 is 0.974 bits per heavy atom. The van der Waals surface area contributed by atoms with Crippen molar-refractivity contribution >= 4 is 45.7 Å². The van der Waals surface area contributed by atoms with Crippen LogP contribution in [0.3, 0.4) is 0 Å². The zero-order valence-electron chi connectivity index (χ0n) is 20.7. The maximum atomic E-state index is 13.5. The zero-order valence-corrected chi connectivity index (χ0v) is 22.4. The van der Waals surface area contributed by atoms with E-state index in [1.807, 2.05) is 50.2 Å². The number of aromatic nitrogens is 2. The van der Waals surface area contributed by atoms with Crippen molar-refractivity contribution in [1.82, 2.24) is 10.2 Å². The number of carbonyl (C=O) groups excluding carboxylic acids is 2. The topological polar surface area (TPSA) is 83.4 Å². The number of benzene rings is 3. The van der Waals surface area contributed by atoms with Crippen molar-refractivity contribution in [1.29, 1.82) is 0 Å². The van der Waals surface area contributed by atoms with E-state index < -0.39 is 23.5 Å². The molecule has 3 aromatic carbocycles. The fraction of sp³-hybridized carbons (Fsp3) is 0.172. The summed E-state index contributed by atoms with van der Waals surface area (Å²) >= 11 is 2.71. The highest BCUT2D eigenvalue weighted by atomic mass is 32.2. The number of anilines is 1. The molecule has 1 aliphatic heterocycles. The first kappa shape index (κ1) is 25.8. The lowest BCUT2D eigenvalue weighted by Gasteiger charge is -2.22. The molecular formula is C29H24FN3O3S2. The van der Waals surface area contributed by atoms with Crippen LogP contribution in [-0.4, -0.2) is 27.0 Å². The summed E-state index contributed by atoms with van der Waals surface area (Å²) < 4.78 is 14.2. The van der Waals surface area contributed by atoms with Gasteiger partial charge < -0.3 is 5.11 Å². The number of hydrogen-bond donors (Lipinski definition) is 1. The van der Waals surface area contributed by atoms with E-state index in [1.165, 1.54) is 57.8 Å². The first-order chi connectivity index (χ1) is 18.4. The molecule has 6 nitrogen and oxygen atoms in total. The number of Topliss-reactive ketones (excluding diaryl/α,β-unsaturated/α-hetero) is 1. The van der Waals surface area contributed by atoms with Crippen molar-refractivity contribution in [2.75, 3.05) is 4.90 Å². The lowest BCUT2D eigenvalue weighted by atomic mass is 9.94. The van der Waals surface area contributed by atoms with Crippen LogP contribution in [-0.2, 0) is 21.8 Å². The van der Waals surface area contributed by atoms with Crippen LogP contribution in [0.1, 0.15) is 40.8 Å². The second-order valence-electron chi connectivity index (χ2n) is 8.90. The van der Waals surface area contributed by atoms with Gasteiger partial charge in [0.15, 0.2) is 4.34 Å². The van der Waals surface area contributed by atoms with Crippen LogP contribution in [0.15, 0.2) is 82.7 Å². The van der Waals surface area contributed by atoms with Crippen LogP contribution >= 0.6 is 23.1 Å². The van der Waals surface area contributed by atoms with Crippen LogP contribution in [0.4, 0.5) is 9.52 Å². The van der Waals surface area contributed by atoms with E-state index in [1.54, 1.807) is 0 Å². The average Bonchev–Trinajstić information content (AvgIpc) is 3.50. The molecule has 0 saturated carbocycles. The van der Waals surface area contributed by atoms with Crippen LogP contribution in [0.2, 0.25) is 0 Å². The van der Waals surface area contributed by atoms with Gasteiger partial charge in [0.25, 0.3) is 5.78 Å². The Hall–Kier alpha value is -3.82. The van der Waals surface area contributed by atoms with Crippen molar-refractivity contribution in [3.05, 3.63) is 112 Å². The predicted octanol–water partition coefficient (Wildman–Crippen LogP) is 6.47. The number of carbonyl (C=O) groups is 2. The van der Waals surface area contributed by atoms with E-state index in [2.05, 4.69) is 22.3 Å².